The van der Waals surface area contributed by atoms with Crippen LogP contribution in [0.3, 0.4) is 0 Å². The van der Waals surface area contributed by atoms with E-state index >= 15 is 0 Å². The zero-order chi connectivity index (χ0) is 31.8. The molecule has 0 aliphatic carbocycles. The lowest BCUT2D eigenvalue weighted by Crippen LogP contribution is -2.20. The highest BCUT2D eigenvalue weighted by atomic mass is 79.9. The first-order valence-corrected chi connectivity index (χ1v) is 16.4. The molecule has 0 bridgehead atoms. The quantitative estimate of drug-likeness (QED) is 0.144. The maximum absolute atomic E-state index is 13.8. The van der Waals surface area contributed by atoms with E-state index in [4.69, 9.17) is 30.5 Å². The number of furan rings is 1. The number of para-hydroxylation sites is 1. The Hall–Kier alpha value is -4.44. The van der Waals surface area contributed by atoms with Crippen LogP contribution in [-0.2, 0) is 6.61 Å². The Balaban J connectivity index is 1.30. The minimum absolute atomic E-state index is 0.259. The molecule has 0 aliphatic rings. The molecule has 7 nitrogen and oxygen atoms in total. The van der Waals surface area contributed by atoms with Crippen molar-refractivity contribution in [3.05, 3.63) is 133 Å². The van der Waals surface area contributed by atoms with Crippen molar-refractivity contribution in [3.8, 4) is 23.1 Å². The molecule has 10 heteroatoms. The highest BCUT2D eigenvalue weighted by Crippen LogP contribution is 2.43. The maximum atomic E-state index is 13.8. The first-order chi connectivity index (χ1) is 22.4. The van der Waals surface area contributed by atoms with Gasteiger partial charge in [-0.05, 0) is 81.7 Å². The standard InChI is InChI=1S/C36H24Br2ClN3O4/c1-2-44-30-18-24(32(38)33(39)34(30)45-20-22-10-7-9-21-8-3-4-11-26(21)22)19-40-42-35(41-28-13-6-5-12-27(28)36(42)43)31-17-23-16-25(37)14-15-29(23)46-31/h3-19H,2,20H2,1H3. The van der Waals surface area contributed by atoms with Crippen molar-refractivity contribution in [2.75, 3.05) is 6.61 Å². The molecular weight excluding hydrogens is 734 g/mol. The summed E-state index contributed by atoms with van der Waals surface area (Å²) in [5, 5.41) is 8.44. The normalized spacial score (nSPS) is 11.7. The summed E-state index contributed by atoms with van der Waals surface area (Å²) in [6, 6.07) is 30.7. The lowest BCUT2D eigenvalue weighted by atomic mass is 10.1. The average molecular weight is 758 g/mol. The van der Waals surface area contributed by atoms with Gasteiger partial charge in [-0.15, -0.1) is 0 Å². The van der Waals surface area contributed by atoms with Crippen molar-refractivity contribution in [1.29, 1.82) is 0 Å². The van der Waals surface area contributed by atoms with Crippen molar-refractivity contribution in [2.45, 2.75) is 13.5 Å². The predicted molar refractivity (Wildman–Crippen MR) is 191 cm³/mol. The van der Waals surface area contributed by atoms with E-state index in [2.05, 4.69) is 55.2 Å². The molecule has 0 saturated heterocycles. The Kier molecular flexibility index (Phi) is 8.38. The highest BCUT2D eigenvalue weighted by Gasteiger charge is 2.20. The van der Waals surface area contributed by atoms with Crippen molar-refractivity contribution < 1.29 is 13.9 Å². The molecule has 0 aliphatic heterocycles. The maximum Gasteiger partial charge on any atom is 0.282 e. The largest absolute Gasteiger partial charge is 0.490 e. The Morgan fingerprint density at radius 2 is 1.70 bits per heavy atom. The van der Waals surface area contributed by atoms with Gasteiger partial charge in [-0.3, -0.25) is 4.79 Å². The van der Waals surface area contributed by atoms with Gasteiger partial charge in [-0.2, -0.15) is 9.78 Å². The topological polar surface area (TPSA) is 78.9 Å². The number of hydrogen-bond donors (Lipinski definition) is 0. The molecule has 0 spiro atoms. The molecule has 0 N–H and O–H groups in total. The first-order valence-electron chi connectivity index (χ1n) is 14.4. The van der Waals surface area contributed by atoms with Crippen LogP contribution in [0.2, 0.25) is 5.02 Å². The molecule has 0 saturated carbocycles. The second kappa shape index (κ2) is 12.7. The number of fused-ring (bicyclic) bond motifs is 3. The van der Waals surface area contributed by atoms with Gasteiger partial charge in [0, 0.05) is 19.9 Å². The van der Waals surface area contributed by atoms with Crippen molar-refractivity contribution >= 4 is 82.3 Å². The monoisotopic (exact) mass is 755 g/mol. The molecular formula is C36H24Br2ClN3O4. The zero-order valence-corrected chi connectivity index (χ0v) is 28.3. The highest BCUT2D eigenvalue weighted by molar-refractivity contribution is 9.10. The van der Waals surface area contributed by atoms with Crippen LogP contribution in [0.4, 0.5) is 0 Å². The summed E-state index contributed by atoms with van der Waals surface area (Å²) in [7, 11) is 0. The molecule has 46 heavy (non-hydrogen) atoms. The summed E-state index contributed by atoms with van der Waals surface area (Å²) in [6.45, 7) is 2.56. The summed E-state index contributed by atoms with van der Waals surface area (Å²) in [5.74, 6) is 1.51. The number of benzene rings is 5. The molecule has 7 aromatic rings. The minimum atomic E-state index is -0.347. The van der Waals surface area contributed by atoms with Crippen LogP contribution >= 0.6 is 43.5 Å². The van der Waals surface area contributed by atoms with Gasteiger partial charge in [0.1, 0.15) is 17.2 Å². The van der Waals surface area contributed by atoms with Crippen molar-refractivity contribution in [3.63, 3.8) is 0 Å². The van der Waals surface area contributed by atoms with Gasteiger partial charge in [0.2, 0.25) is 5.82 Å². The van der Waals surface area contributed by atoms with E-state index in [1.165, 1.54) is 10.9 Å². The lowest BCUT2D eigenvalue weighted by molar-refractivity contribution is 0.270. The average Bonchev–Trinajstić information content (AvgIpc) is 3.49. The molecule has 228 valence electrons. The third kappa shape index (κ3) is 5.70. The molecule has 0 unspecified atom stereocenters. The summed E-state index contributed by atoms with van der Waals surface area (Å²) in [5.41, 5.74) is 2.44. The van der Waals surface area contributed by atoms with Gasteiger partial charge in [-0.25, -0.2) is 4.98 Å². The molecule has 2 aromatic heterocycles. The Morgan fingerprint density at radius 1 is 0.913 bits per heavy atom. The van der Waals surface area contributed by atoms with E-state index in [1.807, 2.05) is 61.5 Å². The Morgan fingerprint density at radius 3 is 2.54 bits per heavy atom. The van der Waals surface area contributed by atoms with E-state index < -0.39 is 0 Å². The van der Waals surface area contributed by atoms with Crippen LogP contribution in [0.25, 0.3) is 44.2 Å². The van der Waals surface area contributed by atoms with E-state index in [0.29, 0.717) is 55.4 Å². The van der Waals surface area contributed by atoms with Crippen LogP contribution < -0.4 is 15.0 Å². The molecule has 7 rings (SSSR count). The van der Waals surface area contributed by atoms with Gasteiger partial charge in [0.25, 0.3) is 5.56 Å². The Labute approximate surface area is 285 Å². The third-order valence-electron chi connectivity index (χ3n) is 7.47. The number of rotatable bonds is 8. The summed E-state index contributed by atoms with van der Waals surface area (Å²) in [4.78, 5) is 18.6. The molecule has 0 amide bonds. The number of ether oxygens (including phenoxy) is 2. The molecule has 0 atom stereocenters. The third-order valence-corrected chi connectivity index (χ3v) is 9.41. The second-order valence-electron chi connectivity index (χ2n) is 10.4. The fourth-order valence-corrected chi connectivity index (χ4v) is 6.33. The molecule has 5 aromatic carbocycles. The van der Waals surface area contributed by atoms with Gasteiger partial charge in [-0.1, -0.05) is 82.1 Å². The van der Waals surface area contributed by atoms with Gasteiger partial charge < -0.3 is 13.9 Å². The predicted octanol–water partition coefficient (Wildman–Crippen LogP) is 10.0. The van der Waals surface area contributed by atoms with Crippen molar-refractivity contribution in [2.24, 2.45) is 5.10 Å². The molecule has 2 heterocycles. The van der Waals surface area contributed by atoms with E-state index in [0.717, 1.165) is 26.2 Å². The van der Waals surface area contributed by atoms with Crippen LogP contribution in [0.1, 0.15) is 18.1 Å². The van der Waals surface area contributed by atoms with Gasteiger partial charge >= 0.3 is 0 Å². The number of nitrogens with zero attached hydrogens (tertiary/aromatic N) is 3. The summed E-state index contributed by atoms with van der Waals surface area (Å²) < 4.78 is 21.0. The van der Waals surface area contributed by atoms with E-state index in [1.54, 1.807) is 24.3 Å². The number of aromatic nitrogens is 2. The van der Waals surface area contributed by atoms with Crippen LogP contribution in [0.5, 0.6) is 11.5 Å². The van der Waals surface area contributed by atoms with Crippen molar-refractivity contribution in [1.82, 2.24) is 9.66 Å². The SMILES string of the molecule is CCOc1cc(C=Nn2c(-c3cc4cc(Br)ccc4o3)nc3ccccc3c2=O)c(Br)c(Cl)c1OCc1cccc2ccccc12. The molecule has 0 radical (unpaired) electrons. The Bertz CT molecular complexity index is 2360. The fraction of sp³-hybridized carbons (Fsp3) is 0.0833. The summed E-state index contributed by atoms with van der Waals surface area (Å²) in [6.07, 6.45) is 1.54. The second-order valence-corrected chi connectivity index (χ2v) is 12.5. The van der Waals surface area contributed by atoms with E-state index in [9.17, 15) is 4.79 Å². The smallest absolute Gasteiger partial charge is 0.282 e. The van der Waals surface area contributed by atoms with E-state index in [-0.39, 0.29) is 18.0 Å². The summed E-state index contributed by atoms with van der Waals surface area (Å²) >= 11 is 14.0. The van der Waals surface area contributed by atoms with Gasteiger partial charge in [0.05, 0.1) is 23.7 Å². The molecule has 0 fully saturated rings. The van der Waals surface area contributed by atoms with Gasteiger partial charge in [0.15, 0.2) is 17.3 Å². The van der Waals surface area contributed by atoms with Crippen LogP contribution in [0.15, 0.2) is 120 Å². The number of halogens is 3. The lowest BCUT2D eigenvalue weighted by Gasteiger charge is -2.17. The minimum Gasteiger partial charge on any atom is -0.490 e. The fourth-order valence-electron chi connectivity index (χ4n) is 5.30. The van der Waals surface area contributed by atoms with Crippen LogP contribution in [-0.4, -0.2) is 22.5 Å². The zero-order valence-electron chi connectivity index (χ0n) is 24.3. The number of hydrogen-bond acceptors (Lipinski definition) is 6. The first kappa shape index (κ1) is 30.2. The van der Waals surface area contributed by atoms with Crippen LogP contribution in [0, 0.1) is 0 Å².